The molecule has 1 aromatic carbocycles. The number of nitrogens with two attached hydrogens (primary N) is 1. The van der Waals surface area contributed by atoms with Crippen molar-refractivity contribution < 1.29 is 28.8 Å². The van der Waals surface area contributed by atoms with Crippen LogP contribution < -0.4 is 27.2 Å². The lowest BCUT2D eigenvalue weighted by molar-refractivity contribution is -0.144. The highest BCUT2D eigenvalue weighted by atomic mass is 32.1. The topological polar surface area (TPSA) is 161 Å². The highest BCUT2D eigenvalue weighted by molar-refractivity contribution is 7.80. The van der Waals surface area contributed by atoms with Gasteiger partial charge in [-0.2, -0.15) is 0 Å². The highest BCUT2D eigenvalue weighted by Gasteiger charge is 2.22. The molecule has 0 fully saturated rings. The predicted octanol–water partition coefficient (Wildman–Crippen LogP) is 1.10. The second-order valence-corrected chi connectivity index (χ2v) is 8.16. The summed E-state index contributed by atoms with van der Waals surface area (Å²) in [7, 11) is 1.21. The van der Waals surface area contributed by atoms with Crippen LogP contribution in [0.2, 0.25) is 0 Å². The van der Waals surface area contributed by atoms with E-state index in [-0.39, 0.29) is 13.2 Å². The van der Waals surface area contributed by atoms with E-state index in [0.29, 0.717) is 29.9 Å². The minimum absolute atomic E-state index is 0.207. The lowest BCUT2D eigenvalue weighted by Gasteiger charge is -2.19. The Hall–Kier alpha value is -3.09. The van der Waals surface area contributed by atoms with Gasteiger partial charge in [0.2, 0.25) is 11.8 Å². The Morgan fingerprint density at radius 2 is 1.67 bits per heavy atom. The maximum Gasteiger partial charge on any atom is 0.328 e. The van der Waals surface area contributed by atoms with Crippen LogP contribution in [0.1, 0.15) is 62.9 Å². The average Bonchev–Trinajstić information content (AvgIpc) is 2.87. The summed E-state index contributed by atoms with van der Waals surface area (Å²) < 4.78 is 4.55. The molecule has 0 bridgehead atoms. The van der Waals surface area contributed by atoms with Crippen molar-refractivity contribution in [3.05, 3.63) is 35.4 Å². The fourth-order valence-corrected chi connectivity index (χ4v) is 3.02. The van der Waals surface area contributed by atoms with Crippen LogP contribution in [0.4, 0.5) is 0 Å². The smallest absolute Gasteiger partial charge is 0.328 e. The summed E-state index contributed by atoms with van der Waals surface area (Å²) in [6, 6.07) is 4.89. The number of thiocarbonyl (C=S) groups is 1. The number of hydrogen-bond donors (Lipinski definition) is 5. The number of unbranched alkanes of at least 4 members (excludes halogenated alkanes) is 1. The van der Waals surface area contributed by atoms with E-state index in [1.165, 1.54) is 14.0 Å². The van der Waals surface area contributed by atoms with Gasteiger partial charge in [0.25, 0.3) is 5.91 Å². The van der Waals surface area contributed by atoms with Crippen molar-refractivity contribution in [2.24, 2.45) is 5.90 Å². The fourth-order valence-electron chi connectivity index (χ4n) is 2.92. The monoisotopic (exact) mass is 525 g/mol. The van der Waals surface area contributed by atoms with Gasteiger partial charge >= 0.3 is 5.97 Å². The number of carbonyl (C=O) groups is 4. The van der Waals surface area contributed by atoms with Crippen molar-refractivity contribution >= 4 is 40.9 Å². The number of nitrogens with one attached hydrogen (secondary N) is 4. The molecule has 2 atom stereocenters. The molecule has 1 rings (SSSR count). The van der Waals surface area contributed by atoms with Crippen LogP contribution >= 0.6 is 12.2 Å². The van der Waals surface area contributed by atoms with Gasteiger partial charge in [0.05, 0.1) is 25.2 Å². The molecule has 0 radical (unpaired) electrons. The molecular formula is C24H39N5O6S. The van der Waals surface area contributed by atoms with Crippen molar-refractivity contribution in [3.63, 3.8) is 0 Å². The zero-order chi connectivity index (χ0) is 27.5. The van der Waals surface area contributed by atoms with Crippen LogP contribution in [0.15, 0.2) is 24.3 Å². The van der Waals surface area contributed by atoms with Crippen molar-refractivity contribution in [2.75, 3.05) is 20.2 Å². The lowest BCUT2D eigenvalue weighted by Crippen LogP contribution is -2.50. The minimum atomic E-state index is -0.862. The summed E-state index contributed by atoms with van der Waals surface area (Å²) in [6.07, 6.45) is 1.72. The Balaban J connectivity index is 0.00000596. The van der Waals surface area contributed by atoms with E-state index in [4.69, 9.17) is 18.1 Å². The molecule has 3 amide bonds. The zero-order valence-corrected chi connectivity index (χ0v) is 22.5. The van der Waals surface area contributed by atoms with E-state index in [9.17, 15) is 19.2 Å². The van der Waals surface area contributed by atoms with E-state index in [2.05, 4.69) is 30.8 Å². The molecule has 1 aromatic rings. The minimum Gasteiger partial charge on any atom is -0.467 e. The standard InChI is InChI=1S/C22H33N5O6S.C2H6/c1-14(22(31)32-3)26-19(28)12-25-21(30)18(6-4-5-11-24-15(2)34)27-20(29)17-9-7-16(8-10-17)13-33-23;1-2/h7-10,14,18H,4-6,11-13,23H2,1-3H3,(H,24,34)(H,25,30)(H,26,28)(H,27,29);1-2H3. The molecule has 11 nitrogen and oxygen atoms in total. The molecule has 0 aliphatic rings. The van der Waals surface area contributed by atoms with E-state index >= 15 is 0 Å². The largest absolute Gasteiger partial charge is 0.467 e. The number of hydrogen-bond acceptors (Lipinski definition) is 8. The van der Waals surface area contributed by atoms with Gasteiger partial charge in [-0.25, -0.2) is 10.7 Å². The SMILES string of the molecule is CC.COC(=O)C(C)NC(=O)CNC(=O)C(CCCCNC(C)=S)NC(=O)c1ccc(CON)cc1. The maximum absolute atomic E-state index is 12.7. The number of ether oxygens (including phenoxy) is 1. The molecule has 36 heavy (non-hydrogen) atoms. The molecule has 0 aliphatic carbocycles. The number of methoxy groups -OCH3 is 1. The number of benzene rings is 1. The van der Waals surface area contributed by atoms with Crippen LogP contribution in [0.5, 0.6) is 0 Å². The maximum atomic E-state index is 12.7. The third-order valence-electron chi connectivity index (χ3n) is 4.74. The number of amides is 3. The Bertz CT molecular complexity index is 850. The predicted molar refractivity (Wildman–Crippen MR) is 141 cm³/mol. The van der Waals surface area contributed by atoms with E-state index in [1.807, 2.05) is 13.8 Å². The Labute approximate surface area is 218 Å². The van der Waals surface area contributed by atoms with E-state index in [1.54, 1.807) is 31.2 Å². The molecule has 0 saturated heterocycles. The third kappa shape index (κ3) is 13.7. The molecule has 202 valence electrons. The average molecular weight is 526 g/mol. The zero-order valence-electron chi connectivity index (χ0n) is 21.6. The third-order valence-corrected chi connectivity index (χ3v) is 4.88. The van der Waals surface area contributed by atoms with Crippen molar-refractivity contribution in [1.29, 1.82) is 0 Å². The summed E-state index contributed by atoms with van der Waals surface area (Å²) in [5, 5.41) is 10.7. The highest BCUT2D eigenvalue weighted by Crippen LogP contribution is 2.08. The van der Waals surface area contributed by atoms with Gasteiger partial charge in [-0.3, -0.25) is 19.2 Å². The van der Waals surface area contributed by atoms with E-state index < -0.39 is 35.8 Å². The molecule has 0 aromatic heterocycles. The Morgan fingerprint density at radius 1 is 1.03 bits per heavy atom. The summed E-state index contributed by atoms with van der Waals surface area (Å²) in [6.45, 7) is 7.75. The number of rotatable bonds is 14. The van der Waals surface area contributed by atoms with Crippen LogP contribution in [0.3, 0.4) is 0 Å². The van der Waals surface area contributed by atoms with Gasteiger partial charge in [0.15, 0.2) is 0 Å². The molecule has 6 N–H and O–H groups in total. The molecule has 2 unspecified atom stereocenters. The number of carbonyl (C=O) groups excluding carboxylic acids is 4. The molecule has 0 aliphatic heterocycles. The van der Waals surface area contributed by atoms with Gasteiger partial charge in [-0.1, -0.05) is 38.2 Å². The van der Waals surface area contributed by atoms with Crippen molar-refractivity contribution in [3.8, 4) is 0 Å². The van der Waals surface area contributed by atoms with Gasteiger partial charge < -0.3 is 26.0 Å². The molecule has 0 heterocycles. The van der Waals surface area contributed by atoms with Gasteiger partial charge in [0.1, 0.15) is 12.1 Å². The summed E-state index contributed by atoms with van der Waals surface area (Å²) in [5.41, 5.74) is 1.16. The second kappa shape index (κ2) is 19.1. The summed E-state index contributed by atoms with van der Waals surface area (Å²) in [4.78, 5) is 54.1. The quantitative estimate of drug-likeness (QED) is 0.104. The molecule has 0 spiro atoms. The van der Waals surface area contributed by atoms with Gasteiger partial charge in [-0.05, 0) is 50.8 Å². The first-order chi connectivity index (χ1) is 17.2. The first kappa shape index (κ1) is 32.9. The van der Waals surface area contributed by atoms with Crippen LogP contribution in [0.25, 0.3) is 0 Å². The van der Waals surface area contributed by atoms with Gasteiger partial charge in [0, 0.05) is 12.1 Å². The van der Waals surface area contributed by atoms with Crippen LogP contribution in [-0.4, -0.2) is 61.0 Å². The normalized spacial score (nSPS) is 11.6. The number of esters is 1. The van der Waals surface area contributed by atoms with Crippen molar-refractivity contribution in [1.82, 2.24) is 21.3 Å². The first-order valence-corrected chi connectivity index (χ1v) is 12.2. The molecule has 0 saturated carbocycles. The summed E-state index contributed by atoms with van der Waals surface area (Å²) in [5.74, 6) is 2.94. The second-order valence-electron chi connectivity index (χ2n) is 7.54. The first-order valence-electron chi connectivity index (χ1n) is 11.8. The Kier molecular flexibility index (Phi) is 17.5. The Morgan fingerprint density at radius 3 is 2.22 bits per heavy atom. The van der Waals surface area contributed by atoms with Crippen molar-refractivity contribution in [2.45, 2.75) is 65.6 Å². The molecular weight excluding hydrogens is 486 g/mol. The van der Waals surface area contributed by atoms with E-state index in [0.717, 1.165) is 12.0 Å². The molecule has 12 heteroatoms. The van der Waals surface area contributed by atoms with Gasteiger partial charge in [-0.15, -0.1) is 0 Å². The lowest BCUT2D eigenvalue weighted by atomic mass is 10.1. The van der Waals surface area contributed by atoms with Crippen LogP contribution in [-0.2, 0) is 30.6 Å². The fraction of sp³-hybridized carbons (Fsp3) is 0.542. The van der Waals surface area contributed by atoms with Crippen LogP contribution in [0, 0.1) is 0 Å². The summed E-state index contributed by atoms with van der Waals surface area (Å²) >= 11 is 4.97.